The van der Waals surface area contributed by atoms with Crippen molar-refractivity contribution in [3.8, 4) is 0 Å². The first kappa shape index (κ1) is 22.6. The second-order valence-electron chi connectivity index (χ2n) is 4.18. The van der Waals surface area contributed by atoms with Crippen LogP contribution in [0.25, 0.3) is 0 Å². The van der Waals surface area contributed by atoms with Crippen molar-refractivity contribution in [1.29, 1.82) is 0 Å². The molecule has 10 heteroatoms. The summed E-state index contributed by atoms with van der Waals surface area (Å²) in [5, 5.41) is 0. The average Bonchev–Trinajstić information content (AvgIpc) is 2.57. The van der Waals surface area contributed by atoms with Crippen LogP contribution in [0.1, 0.15) is 20.3 Å². The number of carbonyl (C=O) groups excluding carboxylic acids is 4. The highest BCUT2D eigenvalue weighted by Crippen LogP contribution is 2.42. The molecule has 0 saturated heterocycles. The van der Waals surface area contributed by atoms with Gasteiger partial charge >= 0.3 is 23.9 Å². The Morgan fingerprint density at radius 3 is 1.58 bits per heavy atom. The van der Waals surface area contributed by atoms with Gasteiger partial charge in [0.15, 0.2) is 4.08 Å². The van der Waals surface area contributed by atoms with Crippen LogP contribution >= 0.6 is 23.5 Å². The molecule has 0 N–H and O–H groups in total. The molecule has 0 aliphatic rings. The lowest BCUT2D eigenvalue weighted by molar-refractivity contribution is -0.147. The molecule has 0 unspecified atom stereocenters. The minimum Gasteiger partial charge on any atom is -0.469 e. The molecular weight excluding hydrogens is 360 g/mol. The maximum atomic E-state index is 12.3. The Bertz CT molecular complexity index is 430. The third-order valence-corrected chi connectivity index (χ3v) is 5.58. The molecule has 0 bridgehead atoms. The van der Waals surface area contributed by atoms with Crippen molar-refractivity contribution < 1.29 is 38.1 Å². The highest BCUT2D eigenvalue weighted by molar-refractivity contribution is 8.19. The topological polar surface area (TPSA) is 105 Å². The number of hydrogen-bond donors (Lipinski definition) is 0. The van der Waals surface area contributed by atoms with Gasteiger partial charge in [-0.2, -0.15) is 0 Å². The first-order valence-corrected chi connectivity index (χ1v) is 9.06. The molecule has 0 spiro atoms. The summed E-state index contributed by atoms with van der Waals surface area (Å²) in [5.74, 6) is -2.88. The Kier molecular flexibility index (Phi) is 11.3. The number of thioether (sulfide) groups is 2. The van der Waals surface area contributed by atoms with Crippen LogP contribution in [-0.4, -0.2) is 66.9 Å². The molecule has 0 aliphatic heterocycles. The van der Waals surface area contributed by atoms with Gasteiger partial charge in [0.05, 0.1) is 45.4 Å². The number of methoxy groups -OCH3 is 2. The van der Waals surface area contributed by atoms with Gasteiger partial charge in [0, 0.05) is 0 Å². The minimum absolute atomic E-state index is 0.185. The second kappa shape index (κ2) is 12.0. The number of ether oxygens (including phenoxy) is 4. The van der Waals surface area contributed by atoms with Crippen LogP contribution in [0.3, 0.4) is 0 Å². The molecule has 0 amide bonds. The summed E-state index contributed by atoms with van der Waals surface area (Å²) in [4.78, 5) is 47.1. The Labute approximate surface area is 149 Å². The molecule has 0 fully saturated rings. The van der Waals surface area contributed by atoms with E-state index >= 15 is 0 Å². The normalized spacial score (nSPS) is 10.7. The summed E-state index contributed by atoms with van der Waals surface area (Å²) in [7, 11) is 2.33. The lowest BCUT2D eigenvalue weighted by Gasteiger charge is -2.28. The van der Waals surface area contributed by atoms with Crippen molar-refractivity contribution in [1.82, 2.24) is 0 Å². The Hall–Kier alpha value is -1.42. The van der Waals surface area contributed by atoms with E-state index in [0.29, 0.717) is 0 Å². The van der Waals surface area contributed by atoms with Gasteiger partial charge in [-0.15, -0.1) is 23.5 Å². The third-order valence-electron chi connectivity index (χ3n) is 2.56. The molecule has 0 heterocycles. The first-order valence-electron chi connectivity index (χ1n) is 7.09. The summed E-state index contributed by atoms with van der Waals surface area (Å²) in [6, 6.07) is 0. The van der Waals surface area contributed by atoms with E-state index in [9.17, 15) is 19.2 Å². The number of carbonyl (C=O) groups is 4. The quantitative estimate of drug-likeness (QED) is 0.292. The molecular formula is C14H22O8S2. The first-order chi connectivity index (χ1) is 11.3. The molecule has 0 aromatic rings. The number of esters is 4. The third kappa shape index (κ3) is 7.91. The van der Waals surface area contributed by atoms with E-state index < -0.39 is 28.0 Å². The van der Waals surface area contributed by atoms with Crippen LogP contribution in [0.5, 0.6) is 0 Å². The summed E-state index contributed by atoms with van der Waals surface area (Å²) in [5.41, 5.74) is 0. The molecule has 0 aromatic heterocycles. The van der Waals surface area contributed by atoms with E-state index in [4.69, 9.17) is 14.2 Å². The van der Waals surface area contributed by atoms with Crippen molar-refractivity contribution in [2.24, 2.45) is 0 Å². The van der Waals surface area contributed by atoms with Gasteiger partial charge in [0.25, 0.3) is 0 Å². The molecule has 0 atom stereocenters. The van der Waals surface area contributed by atoms with Gasteiger partial charge in [-0.25, -0.2) is 4.79 Å². The average molecular weight is 382 g/mol. The van der Waals surface area contributed by atoms with E-state index in [1.165, 1.54) is 7.11 Å². The van der Waals surface area contributed by atoms with Gasteiger partial charge in [-0.05, 0) is 13.8 Å². The SMILES string of the molecule is CCOC(=O)CSC(CC(=O)OC)(SCC(=O)OCC)C(=O)OC. The van der Waals surface area contributed by atoms with E-state index in [1.54, 1.807) is 13.8 Å². The van der Waals surface area contributed by atoms with Gasteiger partial charge in [0.1, 0.15) is 0 Å². The fraction of sp³-hybridized carbons (Fsp3) is 0.714. The van der Waals surface area contributed by atoms with E-state index in [-0.39, 0.29) is 31.1 Å². The Balaban J connectivity index is 5.27. The van der Waals surface area contributed by atoms with E-state index in [1.807, 2.05) is 0 Å². The Morgan fingerprint density at radius 1 is 0.792 bits per heavy atom. The summed E-state index contributed by atoms with van der Waals surface area (Å²) in [6.45, 7) is 3.69. The Morgan fingerprint density at radius 2 is 1.25 bits per heavy atom. The van der Waals surface area contributed by atoms with Gasteiger partial charge < -0.3 is 18.9 Å². The maximum absolute atomic E-state index is 12.3. The zero-order valence-corrected chi connectivity index (χ0v) is 15.8. The lowest BCUT2D eigenvalue weighted by Crippen LogP contribution is -2.38. The van der Waals surface area contributed by atoms with Crippen LogP contribution in [0.15, 0.2) is 0 Å². The van der Waals surface area contributed by atoms with Crippen molar-refractivity contribution in [3.05, 3.63) is 0 Å². The second-order valence-corrected chi connectivity index (χ2v) is 6.99. The monoisotopic (exact) mass is 382 g/mol. The standard InChI is InChI=1S/C14H22O8S2/c1-5-21-11(16)8-23-14(13(18)20-4,7-10(15)19-3)24-9-12(17)22-6-2/h5-9H2,1-4H3. The summed E-state index contributed by atoms with van der Waals surface area (Å²) in [6.07, 6.45) is -0.371. The molecule has 138 valence electrons. The van der Waals surface area contributed by atoms with Crippen molar-refractivity contribution in [3.63, 3.8) is 0 Å². The largest absolute Gasteiger partial charge is 0.469 e. The molecule has 0 rings (SSSR count). The van der Waals surface area contributed by atoms with E-state index in [2.05, 4.69) is 4.74 Å². The fourth-order valence-corrected chi connectivity index (χ4v) is 3.91. The van der Waals surface area contributed by atoms with Crippen LogP contribution < -0.4 is 0 Å². The highest BCUT2D eigenvalue weighted by atomic mass is 32.2. The smallest absolute Gasteiger partial charge is 0.332 e. The van der Waals surface area contributed by atoms with Gasteiger partial charge in [-0.1, -0.05) is 0 Å². The highest BCUT2D eigenvalue weighted by Gasteiger charge is 2.45. The van der Waals surface area contributed by atoms with Gasteiger partial charge in [0.2, 0.25) is 0 Å². The maximum Gasteiger partial charge on any atom is 0.332 e. The van der Waals surface area contributed by atoms with Crippen LogP contribution in [0.4, 0.5) is 0 Å². The molecule has 0 aliphatic carbocycles. The molecule has 24 heavy (non-hydrogen) atoms. The molecule has 8 nitrogen and oxygen atoms in total. The van der Waals surface area contributed by atoms with E-state index in [0.717, 1.165) is 30.6 Å². The van der Waals surface area contributed by atoms with Crippen LogP contribution in [0, 0.1) is 0 Å². The summed E-state index contributed by atoms with van der Waals surface area (Å²) < 4.78 is 17.5. The molecule has 0 saturated carbocycles. The minimum atomic E-state index is -1.51. The number of rotatable bonds is 11. The zero-order valence-electron chi connectivity index (χ0n) is 14.1. The zero-order chi connectivity index (χ0) is 18.6. The van der Waals surface area contributed by atoms with Crippen LogP contribution in [0.2, 0.25) is 0 Å². The fourth-order valence-electron chi connectivity index (χ4n) is 1.51. The molecule has 0 radical (unpaired) electrons. The van der Waals surface area contributed by atoms with Gasteiger partial charge in [-0.3, -0.25) is 14.4 Å². The predicted molar refractivity (Wildman–Crippen MR) is 89.6 cm³/mol. The van der Waals surface area contributed by atoms with Crippen molar-refractivity contribution in [2.45, 2.75) is 24.3 Å². The van der Waals surface area contributed by atoms with Crippen LogP contribution in [-0.2, 0) is 38.1 Å². The molecule has 0 aromatic carbocycles. The predicted octanol–water partition coefficient (Wildman–Crippen LogP) is 1.01. The lowest BCUT2D eigenvalue weighted by atomic mass is 10.3. The summed E-state index contributed by atoms with van der Waals surface area (Å²) >= 11 is 1.72. The van der Waals surface area contributed by atoms with Crippen molar-refractivity contribution in [2.75, 3.05) is 38.9 Å². The number of hydrogen-bond acceptors (Lipinski definition) is 10. The van der Waals surface area contributed by atoms with Crippen molar-refractivity contribution >= 4 is 47.4 Å².